The van der Waals surface area contributed by atoms with Crippen LogP contribution in [0.25, 0.3) is 0 Å². The number of carboxylic acids is 1. The second-order valence-corrected chi connectivity index (χ2v) is 5.42. The molecule has 0 aromatic rings. The van der Waals surface area contributed by atoms with Gasteiger partial charge < -0.3 is 9.84 Å². The molecule has 1 aliphatic heterocycles. The third kappa shape index (κ3) is 3.19. The van der Waals surface area contributed by atoms with Crippen molar-refractivity contribution in [1.29, 1.82) is 0 Å². The molecule has 1 heterocycles. The highest BCUT2D eigenvalue weighted by Crippen LogP contribution is 2.39. The van der Waals surface area contributed by atoms with Crippen molar-refractivity contribution < 1.29 is 14.6 Å². The molecule has 4 nitrogen and oxygen atoms in total. The number of hydrogen-bond acceptors (Lipinski definition) is 3. The topological polar surface area (TPSA) is 49.8 Å². The molecule has 17 heavy (non-hydrogen) atoms. The molecule has 0 aromatic carbocycles. The largest absolute Gasteiger partial charge is 0.480 e. The van der Waals surface area contributed by atoms with Crippen molar-refractivity contribution in [2.24, 2.45) is 5.92 Å². The molecule has 1 rings (SSSR count). The van der Waals surface area contributed by atoms with Crippen molar-refractivity contribution in [3.63, 3.8) is 0 Å². The van der Waals surface area contributed by atoms with E-state index in [1.54, 1.807) is 0 Å². The SMILES string of the molecule is CCCC1(C(C)C)CC(OCC(=O)O)CN1C. The summed E-state index contributed by atoms with van der Waals surface area (Å²) in [6.45, 7) is 7.34. The zero-order chi connectivity index (χ0) is 13.1. The lowest BCUT2D eigenvalue weighted by Crippen LogP contribution is -2.45. The molecule has 0 aromatic heterocycles. The Kier molecular flexibility index (Phi) is 4.95. The smallest absolute Gasteiger partial charge is 0.329 e. The normalized spacial score (nSPS) is 30.1. The molecule has 2 unspecified atom stereocenters. The van der Waals surface area contributed by atoms with Crippen LogP contribution in [-0.4, -0.2) is 47.8 Å². The van der Waals surface area contributed by atoms with Crippen molar-refractivity contribution >= 4 is 5.97 Å². The van der Waals surface area contributed by atoms with Crippen LogP contribution in [0.4, 0.5) is 0 Å². The summed E-state index contributed by atoms with van der Waals surface area (Å²) in [5, 5.41) is 8.64. The van der Waals surface area contributed by atoms with Crippen LogP contribution >= 0.6 is 0 Å². The first-order valence-electron chi connectivity index (χ1n) is 6.47. The standard InChI is InChI=1S/C13H25NO3/c1-5-6-13(10(2)3)7-11(8-14(13)4)17-9-12(15)16/h10-11H,5-9H2,1-4H3,(H,15,16). The Morgan fingerprint density at radius 3 is 2.71 bits per heavy atom. The van der Waals surface area contributed by atoms with Crippen molar-refractivity contribution in [3.05, 3.63) is 0 Å². The highest BCUT2D eigenvalue weighted by Gasteiger charge is 2.45. The molecular formula is C13H25NO3. The van der Waals surface area contributed by atoms with Crippen LogP contribution < -0.4 is 0 Å². The van der Waals surface area contributed by atoms with Gasteiger partial charge in [0.25, 0.3) is 0 Å². The van der Waals surface area contributed by atoms with Gasteiger partial charge in [-0.05, 0) is 25.8 Å². The minimum absolute atomic E-state index is 0.0602. The van der Waals surface area contributed by atoms with E-state index in [2.05, 4.69) is 32.7 Å². The Labute approximate surface area is 104 Å². The summed E-state index contributed by atoms with van der Waals surface area (Å²) in [5.74, 6) is -0.323. The van der Waals surface area contributed by atoms with Crippen LogP contribution in [0.3, 0.4) is 0 Å². The average Bonchev–Trinajstić information content (AvgIpc) is 2.54. The van der Waals surface area contributed by atoms with E-state index in [0.29, 0.717) is 5.92 Å². The van der Waals surface area contributed by atoms with E-state index < -0.39 is 5.97 Å². The number of carboxylic acid groups (broad SMARTS) is 1. The maximum Gasteiger partial charge on any atom is 0.329 e. The Hall–Kier alpha value is -0.610. The van der Waals surface area contributed by atoms with Crippen LogP contribution in [0.1, 0.15) is 40.0 Å². The van der Waals surface area contributed by atoms with Gasteiger partial charge in [-0.25, -0.2) is 4.79 Å². The fourth-order valence-electron chi connectivity index (χ4n) is 3.09. The van der Waals surface area contributed by atoms with E-state index in [1.807, 2.05) is 0 Å². The molecule has 0 radical (unpaired) electrons. The fraction of sp³-hybridized carbons (Fsp3) is 0.923. The van der Waals surface area contributed by atoms with Crippen LogP contribution in [0.5, 0.6) is 0 Å². The third-order valence-corrected chi connectivity index (χ3v) is 4.02. The number of rotatable bonds is 6. The summed E-state index contributed by atoms with van der Waals surface area (Å²) < 4.78 is 5.45. The number of likely N-dealkylation sites (N-methyl/N-ethyl adjacent to an activating group) is 1. The van der Waals surface area contributed by atoms with Crippen LogP contribution in [-0.2, 0) is 9.53 Å². The molecule has 4 heteroatoms. The van der Waals surface area contributed by atoms with E-state index in [4.69, 9.17) is 9.84 Å². The monoisotopic (exact) mass is 243 g/mol. The Bertz CT molecular complexity index is 267. The summed E-state index contributed by atoms with van der Waals surface area (Å²) in [7, 11) is 2.12. The zero-order valence-corrected chi connectivity index (χ0v) is 11.4. The molecule has 1 N–H and O–H groups in total. The number of hydrogen-bond donors (Lipinski definition) is 1. The van der Waals surface area contributed by atoms with Crippen molar-refractivity contribution in [3.8, 4) is 0 Å². The van der Waals surface area contributed by atoms with Crippen LogP contribution in [0.2, 0.25) is 0 Å². The lowest BCUT2D eigenvalue weighted by atomic mass is 9.80. The first-order chi connectivity index (χ1) is 7.92. The molecule has 0 amide bonds. The van der Waals surface area contributed by atoms with Gasteiger partial charge in [0, 0.05) is 12.1 Å². The van der Waals surface area contributed by atoms with Crippen LogP contribution in [0.15, 0.2) is 0 Å². The first kappa shape index (κ1) is 14.5. The Morgan fingerprint density at radius 2 is 2.24 bits per heavy atom. The fourth-order valence-corrected chi connectivity index (χ4v) is 3.09. The zero-order valence-electron chi connectivity index (χ0n) is 11.4. The van der Waals surface area contributed by atoms with Gasteiger partial charge in [0.05, 0.1) is 6.10 Å². The van der Waals surface area contributed by atoms with E-state index in [-0.39, 0.29) is 18.2 Å². The number of nitrogens with zero attached hydrogens (tertiary/aromatic N) is 1. The molecule has 0 bridgehead atoms. The van der Waals surface area contributed by atoms with Crippen molar-refractivity contribution in [2.75, 3.05) is 20.2 Å². The number of likely N-dealkylation sites (tertiary alicyclic amines) is 1. The van der Waals surface area contributed by atoms with Gasteiger partial charge in [-0.2, -0.15) is 0 Å². The second kappa shape index (κ2) is 5.83. The highest BCUT2D eigenvalue weighted by atomic mass is 16.5. The van der Waals surface area contributed by atoms with Gasteiger partial charge in [0.15, 0.2) is 0 Å². The minimum Gasteiger partial charge on any atom is -0.480 e. The lowest BCUT2D eigenvalue weighted by molar-refractivity contribution is -0.144. The minimum atomic E-state index is -0.884. The Balaban J connectivity index is 2.65. The van der Waals surface area contributed by atoms with Crippen molar-refractivity contribution in [1.82, 2.24) is 4.90 Å². The van der Waals surface area contributed by atoms with Crippen molar-refractivity contribution in [2.45, 2.75) is 51.7 Å². The molecule has 100 valence electrons. The maximum absolute atomic E-state index is 10.5. The average molecular weight is 243 g/mol. The van der Waals surface area contributed by atoms with Gasteiger partial charge in [0.2, 0.25) is 0 Å². The summed E-state index contributed by atoms with van der Waals surface area (Å²) in [6, 6.07) is 0. The lowest BCUT2D eigenvalue weighted by Gasteiger charge is -2.40. The maximum atomic E-state index is 10.5. The van der Waals surface area contributed by atoms with Gasteiger partial charge in [0.1, 0.15) is 6.61 Å². The summed E-state index contributed by atoms with van der Waals surface area (Å²) in [4.78, 5) is 12.9. The van der Waals surface area contributed by atoms with Gasteiger partial charge >= 0.3 is 5.97 Å². The number of aliphatic carboxylic acids is 1. The molecule has 2 atom stereocenters. The highest BCUT2D eigenvalue weighted by molar-refractivity contribution is 5.68. The molecule has 0 spiro atoms. The summed E-state index contributed by atoms with van der Waals surface area (Å²) >= 11 is 0. The number of ether oxygens (including phenoxy) is 1. The molecular weight excluding hydrogens is 218 g/mol. The first-order valence-corrected chi connectivity index (χ1v) is 6.47. The third-order valence-electron chi connectivity index (χ3n) is 4.02. The van der Waals surface area contributed by atoms with Gasteiger partial charge in [-0.3, -0.25) is 4.90 Å². The van der Waals surface area contributed by atoms with Gasteiger partial charge in [-0.15, -0.1) is 0 Å². The summed E-state index contributed by atoms with van der Waals surface area (Å²) in [6.07, 6.45) is 3.30. The molecule has 0 saturated carbocycles. The van der Waals surface area contributed by atoms with E-state index in [9.17, 15) is 4.79 Å². The predicted octanol–water partition coefficient (Wildman–Crippen LogP) is 1.99. The van der Waals surface area contributed by atoms with E-state index in [1.165, 1.54) is 0 Å². The van der Waals surface area contributed by atoms with Crippen LogP contribution in [0, 0.1) is 5.92 Å². The molecule has 1 aliphatic rings. The summed E-state index contributed by atoms with van der Waals surface area (Å²) in [5.41, 5.74) is 0.178. The van der Waals surface area contributed by atoms with E-state index >= 15 is 0 Å². The van der Waals surface area contributed by atoms with Gasteiger partial charge in [-0.1, -0.05) is 27.2 Å². The predicted molar refractivity (Wildman–Crippen MR) is 67.1 cm³/mol. The molecule has 0 aliphatic carbocycles. The quantitative estimate of drug-likeness (QED) is 0.775. The molecule has 1 fully saturated rings. The number of carbonyl (C=O) groups is 1. The molecule has 1 saturated heterocycles. The second-order valence-electron chi connectivity index (χ2n) is 5.42. The van der Waals surface area contributed by atoms with E-state index in [0.717, 1.165) is 25.8 Å². The Morgan fingerprint density at radius 1 is 1.59 bits per heavy atom.